The van der Waals surface area contributed by atoms with Crippen molar-refractivity contribution < 1.29 is 29.3 Å². The van der Waals surface area contributed by atoms with Crippen molar-refractivity contribution in [2.45, 2.75) is 32.2 Å². The Hall–Kier alpha value is -4.95. The summed E-state index contributed by atoms with van der Waals surface area (Å²) < 4.78 is 5.60. The topological polar surface area (TPSA) is 116 Å². The molecule has 44 heavy (non-hydrogen) atoms. The van der Waals surface area contributed by atoms with E-state index in [2.05, 4.69) is 5.32 Å². The van der Waals surface area contributed by atoms with Gasteiger partial charge in [0.15, 0.2) is 0 Å². The number of carboxylic acids is 1. The first kappa shape index (κ1) is 32.0. The molecular weight excluding hydrogens is 556 g/mol. The number of hydrogen-bond acceptors (Lipinski definition) is 5. The van der Waals surface area contributed by atoms with Crippen LogP contribution in [-0.4, -0.2) is 59.2 Å². The van der Waals surface area contributed by atoms with Crippen LogP contribution in [0.3, 0.4) is 0 Å². The van der Waals surface area contributed by atoms with Crippen molar-refractivity contribution in [3.63, 3.8) is 0 Å². The zero-order valence-corrected chi connectivity index (χ0v) is 24.8. The van der Waals surface area contributed by atoms with Crippen LogP contribution < -0.4 is 10.1 Å². The third-order valence-corrected chi connectivity index (χ3v) is 7.31. The Balaban J connectivity index is 1.63. The Kier molecular flexibility index (Phi) is 11.7. The zero-order chi connectivity index (χ0) is 31.3. The molecule has 4 rings (SSSR count). The average Bonchev–Trinajstić information content (AvgIpc) is 3.05. The van der Waals surface area contributed by atoms with Crippen LogP contribution in [0, 0.1) is 0 Å². The van der Waals surface area contributed by atoms with E-state index in [9.17, 15) is 24.6 Å². The highest BCUT2D eigenvalue weighted by Gasteiger charge is 2.24. The lowest BCUT2D eigenvalue weighted by atomic mass is 9.93. The van der Waals surface area contributed by atoms with Gasteiger partial charge in [-0.2, -0.15) is 0 Å². The summed E-state index contributed by atoms with van der Waals surface area (Å²) in [6, 6.07) is 30.8. The van der Waals surface area contributed by atoms with Gasteiger partial charge in [0.1, 0.15) is 5.75 Å². The number of rotatable bonds is 15. The molecule has 0 fully saturated rings. The number of carbonyl (C=O) groups is 3. The van der Waals surface area contributed by atoms with Crippen molar-refractivity contribution in [3.05, 3.63) is 125 Å². The van der Waals surface area contributed by atoms with Crippen LogP contribution in [0.2, 0.25) is 0 Å². The fraction of sp³-hybridized carbons (Fsp3) is 0.250. The van der Waals surface area contributed by atoms with E-state index in [1.807, 2.05) is 67.6 Å². The van der Waals surface area contributed by atoms with Crippen LogP contribution in [0.4, 0.5) is 0 Å². The lowest BCUT2D eigenvalue weighted by Gasteiger charge is -2.24. The molecule has 2 amide bonds. The predicted octanol–water partition coefficient (Wildman–Crippen LogP) is 5.77. The minimum atomic E-state index is -0.993. The molecular formula is C36H38N2O6. The Bertz CT molecular complexity index is 1560. The van der Waals surface area contributed by atoms with E-state index >= 15 is 0 Å². The van der Waals surface area contributed by atoms with E-state index in [1.54, 1.807) is 47.4 Å². The van der Waals surface area contributed by atoms with E-state index < -0.39 is 12.0 Å². The number of benzene rings is 4. The number of aliphatic hydroxyl groups is 1. The van der Waals surface area contributed by atoms with Gasteiger partial charge in [-0.25, -0.2) is 0 Å². The summed E-state index contributed by atoms with van der Waals surface area (Å²) in [4.78, 5) is 40.7. The second kappa shape index (κ2) is 16.0. The normalized spacial score (nSPS) is 11.4. The maximum Gasteiger partial charge on any atom is 0.305 e. The van der Waals surface area contributed by atoms with E-state index in [1.165, 1.54) is 0 Å². The van der Waals surface area contributed by atoms with Crippen molar-refractivity contribution >= 4 is 17.8 Å². The highest BCUT2D eigenvalue weighted by molar-refractivity contribution is 6.06. The molecule has 0 spiro atoms. The SMILES string of the molecule is CCOc1cccc(CCN(CCC(=O)O)C(=O)c2ccccc2-c2ccccc2C(=O)NC(CCO)c2ccccc2)c1. The van der Waals surface area contributed by atoms with Gasteiger partial charge in [-0.1, -0.05) is 78.9 Å². The average molecular weight is 595 g/mol. The fourth-order valence-corrected chi connectivity index (χ4v) is 5.13. The molecule has 0 heterocycles. The Morgan fingerprint density at radius 3 is 2.16 bits per heavy atom. The highest BCUT2D eigenvalue weighted by Crippen LogP contribution is 2.29. The molecule has 228 valence electrons. The summed E-state index contributed by atoms with van der Waals surface area (Å²) in [6.45, 7) is 2.70. The fourth-order valence-electron chi connectivity index (χ4n) is 5.13. The molecule has 8 heteroatoms. The molecule has 0 saturated heterocycles. The minimum Gasteiger partial charge on any atom is -0.494 e. The van der Waals surface area contributed by atoms with Gasteiger partial charge in [0.25, 0.3) is 11.8 Å². The number of nitrogens with zero attached hydrogens (tertiary/aromatic N) is 1. The number of ether oxygens (including phenoxy) is 1. The number of aliphatic carboxylic acids is 1. The van der Waals surface area contributed by atoms with E-state index in [4.69, 9.17) is 4.74 Å². The number of carbonyl (C=O) groups excluding carboxylic acids is 2. The van der Waals surface area contributed by atoms with Crippen LogP contribution >= 0.6 is 0 Å². The standard InChI is InChI=1S/C36H38N2O6/c1-2-44-28-14-10-11-26(25-28)19-22-38(23-20-34(40)41)36(43)32-18-9-7-16-30(32)29-15-6-8-17-31(29)35(42)37-33(21-24-39)27-12-4-3-5-13-27/h3-18,25,33,39H,2,19-24H2,1H3,(H,37,42)(H,40,41). The summed E-state index contributed by atoms with van der Waals surface area (Å²) in [5, 5.41) is 22.1. The predicted molar refractivity (Wildman–Crippen MR) is 170 cm³/mol. The maximum absolute atomic E-state index is 14.1. The van der Waals surface area contributed by atoms with E-state index in [0.717, 1.165) is 16.9 Å². The molecule has 0 aliphatic rings. The van der Waals surface area contributed by atoms with Crippen molar-refractivity contribution in [2.24, 2.45) is 0 Å². The first-order valence-corrected chi connectivity index (χ1v) is 14.8. The molecule has 0 aliphatic heterocycles. The third-order valence-electron chi connectivity index (χ3n) is 7.31. The molecule has 4 aromatic carbocycles. The van der Waals surface area contributed by atoms with E-state index in [-0.39, 0.29) is 31.4 Å². The minimum absolute atomic E-state index is 0.0374. The van der Waals surface area contributed by atoms with Gasteiger partial charge in [0.2, 0.25) is 0 Å². The number of amides is 2. The zero-order valence-electron chi connectivity index (χ0n) is 24.8. The second-order valence-corrected chi connectivity index (χ2v) is 10.3. The van der Waals surface area contributed by atoms with Crippen LogP contribution in [0.15, 0.2) is 103 Å². The second-order valence-electron chi connectivity index (χ2n) is 10.3. The monoisotopic (exact) mass is 594 g/mol. The van der Waals surface area contributed by atoms with Crippen molar-refractivity contribution in [1.82, 2.24) is 10.2 Å². The molecule has 3 N–H and O–H groups in total. The molecule has 8 nitrogen and oxygen atoms in total. The Morgan fingerprint density at radius 1 is 0.818 bits per heavy atom. The number of aliphatic hydroxyl groups excluding tert-OH is 1. The van der Waals surface area contributed by atoms with Gasteiger partial charge < -0.3 is 25.2 Å². The van der Waals surface area contributed by atoms with Gasteiger partial charge >= 0.3 is 5.97 Å². The lowest BCUT2D eigenvalue weighted by Crippen LogP contribution is -2.35. The van der Waals surface area contributed by atoms with Gasteiger partial charge in [-0.15, -0.1) is 0 Å². The summed E-state index contributed by atoms with van der Waals surface area (Å²) >= 11 is 0. The van der Waals surface area contributed by atoms with Gasteiger partial charge in [0.05, 0.1) is 19.1 Å². The van der Waals surface area contributed by atoms with Crippen molar-refractivity contribution in [1.29, 1.82) is 0 Å². The first-order valence-electron chi connectivity index (χ1n) is 14.8. The molecule has 1 atom stereocenters. The smallest absolute Gasteiger partial charge is 0.305 e. The summed E-state index contributed by atoms with van der Waals surface area (Å²) in [5.74, 6) is -0.906. The maximum atomic E-state index is 14.1. The molecule has 0 aromatic heterocycles. The molecule has 0 saturated carbocycles. The quantitative estimate of drug-likeness (QED) is 0.161. The van der Waals surface area contributed by atoms with Crippen LogP contribution in [0.1, 0.15) is 57.7 Å². The van der Waals surface area contributed by atoms with Gasteiger partial charge in [0, 0.05) is 30.8 Å². The van der Waals surface area contributed by atoms with Gasteiger partial charge in [-0.05, 0) is 66.3 Å². The summed E-state index contributed by atoms with van der Waals surface area (Å²) in [5.41, 5.74) is 3.75. The summed E-state index contributed by atoms with van der Waals surface area (Å²) in [7, 11) is 0. The van der Waals surface area contributed by atoms with E-state index in [0.29, 0.717) is 48.2 Å². The van der Waals surface area contributed by atoms with Crippen LogP contribution in [0.5, 0.6) is 5.75 Å². The van der Waals surface area contributed by atoms with Gasteiger partial charge in [-0.3, -0.25) is 14.4 Å². The highest BCUT2D eigenvalue weighted by atomic mass is 16.5. The molecule has 0 aliphatic carbocycles. The molecule has 0 bridgehead atoms. The molecule has 4 aromatic rings. The molecule has 1 unspecified atom stereocenters. The first-order chi connectivity index (χ1) is 21.4. The van der Waals surface area contributed by atoms with Crippen molar-refractivity contribution in [2.75, 3.05) is 26.3 Å². The van der Waals surface area contributed by atoms with Crippen molar-refractivity contribution in [3.8, 4) is 16.9 Å². The number of nitrogens with one attached hydrogen (secondary N) is 1. The number of carboxylic acid groups (broad SMARTS) is 1. The third kappa shape index (κ3) is 8.55. The Morgan fingerprint density at radius 2 is 1.48 bits per heavy atom. The summed E-state index contributed by atoms with van der Waals surface area (Å²) in [6.07, 6.45) is 0.662. The number of hydrogen-bond donors (Lipinski definition) is 3. The van der Waals surface area contributed by atoms with Crippen LogP contribution in [0.25, 0.3) is 11.1 Å². The molecule has 0 radical (unpaired) electrons. The largest absolute Gasteiger partial charge is 0.494 e. The van der Waals surface area contributed by atoms with Crippen LogP contribution in [-0.2, 0) is 11.2 Å². The Labute approximate surface area is 257 Å². The lowest BCUT2D eigenvalue weighted by molar-refractivity contribution is -0.137.